The van der Waals surface area contributed by atoms with Crippen LogP contribution in [0, 0.1) is 27.2 Å². The van der Waals surface area contributed by atoms with Gasteiger partial charge in [0.15, 0.2) is 5.82 Å². The molecule has 100 valence electrons. The summed E-state index contributed by atoms with van der Waals surface area (Å²) in [5.74, 6) is -1.60. The molecule has 0 radical (unpaired) electrons. The van der Waals surface area contributed by atoms with Gasteiger partial charge < -0.3 is 4.52 Å². The van der Waals surface area contributed by atoms with Crippen LogP contribution in [-0.4, -0.2) is 40.2 Å². The van der Waals surface area contributed by atoms with Crippen LogP contribution in [0.15, 0.2) is 4.52 Å². The van der Waals surface area contributed by atoms with Crippen molar-refractivity contribution < 1.29 is 14.4 Å². The molecule has 2 rings (SSSR count). The lowest BCUT2D eigenvalue weighted by atomic mass is 10.1. The molecular weight excluding hydrogens is 264 g/mol. The minimum absolute atomic E-state index is 0.00645. The van der Waals surface area contributed by atoms with Crippen LogP contribution in [0.25, 0.3) is 0 Å². The highest BCUT2D eigenvalue weighted by Crippen LogP contribution is 2.29. The number of aryl methyl sites for hydroxylation is 2. The molecule has 0 spiro atoms. The Kier molecular flexibility index (Phi) is 2.65. The first-order valence-corrected chi connectivity index (χ1v) is 4.73. The fourth-order valence-electron chi connectivity index (χ4n) is 1.34. The smallest absolute Gasteiger partial charge is 0.322 e. The van der Waals surface area contributed by atoms with Crippen molar-refractivity contribution in [1.82, 2.24) is 30.3 Å². The van der Waals surface area contributed by atoms with Gasteiger partial charge in [-0.05, 0) is 12.1 Å². The maximum atomic E-state index is 11.2. The van der Waals surface area contributed by atoms with Gasteiger partial charge in [0, 0.05) is 0 Å². The van der Waals surface area contributed by atoms with Gasteiger partial charge in [0.05, 0.1) is 7.05 Å². The van der Waals surface area contributed by atoms with Crippen LogP contribution in [0.5, 0.6) is 0 Å². The van der Waals surface area contributed by atoms with Gasteiger partial charge >= 0.3 is 17.4 Å². The Morgan fingerprint density at radius 2 is 1.95 bits per heavy atom. The zero-order valence-electron chi connectivity index (χ0n) is 9.62. The third-order valence-corrected chi connectivity index (χ3v) is 2.17. The predicted octanol–water partition coefficient (Wildman–Crippen LogP) is -1.34. The molecule has 2 aromatic rings. The summed E-state index contributed by atoms with van der Waals surface area (Å²) in [5, 5.41) is 35.8. The minimum atomic E-state index is -3.07. The first-order valence-electron chi connectivity index (χ1n) is 4.73. The van der Waals surface area contributed by atoms with Gasteiger partial charge in [0.2, 0.25) is 0 Å². The van der Waals surface area contributed by atoms with Crippen LogP contribution < -0.4 is 0 Å². The van der Waals surface area contributed by atoms with Crippen molar-refractivity contribution in [3.05, 3.63) is 37.8 Å². The SMILES string of the molecule is Cc1noc(C(c2nnn(C)n2)([N+](=O)[O-])[N+](=O)[O-])n1. The van der Waals surface area contributed by atoms with Crippen molar-refractivity contribution in [2.24, 2.45) is 7.05 Å². The van der Waals surface area contributed by atoms with Crippen LogP contribution in [-0.2, 0) is 12.7 Å². The van der Waals surface area contributed by atoms with Crippen LogP contribution in [0.3, 0.4) is 0 Å². The Morgan fingerprint density at radius 3 is 2.32 bits per heavy atom. The molecular formula is C6H6N8O5. The molecule has 13 heteroatoms. The summed E-state index contributed by atoms with van der Waals surface area (Å²) in [6, 6.07) is 0. The van der Waals surface area contributed by atoms with Crippen LogP contribution in [0.2, 0.25) is 0 Å². The Hall–Kier alpha value is -2.99. The lowest BCUT2D eigenvalue weighted by Gasteiger charge is -2.08. The molecule has 0 atom stereocenters. The fraction of sp³-hybridized carbons (Fsp3) is 0.500. The Morgan fingerprint density at radius 1 is 1.32 bits per heavy atom. The summed E-state index contributed by atoms with van der Waals surface area (Å²) in [5.41, 5.74) is -3.07. The lowest BCUT2D eigenvalue weighted by molar-refractivity contribution is -0.801. The van der Waals surface area contributed by atoms with E-state index in [4.69, 9.17) is 0 Å². The number of hydrogen-bond donors (Lipinski definition) is 0. The van der Waals surface area contributed by atoms with E-state index in [1.165, 1.54) is 14.0 Å². The summed E-state index contributed by atoms with van der Waals surface area (Å²) in [6.07, 6.45) is 0. The van der Waals surface area contributed by atoms with Gasteiger partial charge in [-0.1, -0.05) is 10.3 Å². The van der Waals surface area contributed by atoms with Gasteiger partial charge in [0.1, 0.15) is 9.85 Å². The number of nitrogens with zero attached hydrogens (tertiary/aromatic N) is 8. The molecule has 0 bridgehead atoms. The number of aromatic nitrogens is 6. The standard InChI is InChI=1S/C6H6N8O5/c1-3-7-5(19-10-3)6(13(15)16,14(17)18)4-8-11-12(2)9-4/h1-2H3. The topological polar surface area (TPSA) is 169 Å². The average Bonchev–Trinajstić information content (AvgIpc) is 2.89. The quantitative estimate of drug-likeness (QED) is 0.367. The predicted molar refractivity (Wildman–Crippen MR) is 52.6 cm³/mol. The van der Waals surface area contributed by atoms with E-state index >= 15 is 0 Å². The first kappa shape index (κ1) is 12.5. The lowest BCUT2D eigenvalue weighted by Crippen LogP contribution is -2.46. The van der Waals surface area contributed by atoms with Crippen molar-refractivity contribution in [2.45, 2.75) is 12.6 Å². The molecule has 0 fully saturated rings. The van der Waals surface area contributed by atoms with Gasteiger partial charge in [0.25, 0.3) is 0 Å². The molecule has 2 heterocycles. The molecule has 0 aliphatic heterocycles. The van der Waals surface area contributed by atoms with Gasteiger partial charge in [-0.3, -0.25) is 20.2 Å². The fourth-order valence-corrected chi connectivity index (χ4v) is 1.34. The van der Waals surface area contributed by atoms with E-state index in [1.807, 2.05) is 0 Å². The number of tetrazole rings is 1. The maximum Gasteiger partial charge on any atom is 0.598 e. The third kappa shape index (κ3) is 1.67. The zero-order chi connectivity index (χ0) is 14.2. The summed E-state index contributed by atoms with van der Waals surface area (Å²) >= 11 is 0. The minimum Gasteiger partial charge on any atom is -0.322 e. The van der Waals surface area contributed by atoms with E-state index in [2.05, 4.69) is 30.1 Å². The van der Waals surface area contributed by atoms with E-state index in [-0.39, 0.29) is 5.82 Å². The Balaban J connectivity index is 2.75. The van der Waals surface area contributed by atoms with Gasteiger partial charge in [-0.15, -0.1) is 5.10 Å². The number of rotatable bonds is 4. The molecule has 0 aromatic carbocycles. The molecule has 0 saturated heterocycles. The number of hydrogen-bond acceptors (Lipinski definition) is 10. The second kappa shape index (κ2) is 4.04. The molecule has 19 heavy (non-hydrogen) atoms. The zero-order valence-corrected chi connectivity index (χ0v) is 9.62. The summed E-state index contributed by atoms with van der Waals surface area (Å²) in [4.78, 5) is 24.4. The van der Waals surface area contributed by atoms with Crippen molar-refractivity contribution in [1.29, 1.82) is 0 Å². The van der Waals surface area contributed by atoms with Crippen molar-refractivity contribution in [3.8, 4) is 0 Å². The largest absolute Gasteiger partial charge is 0.598 e. The second-order valence-corrected chi connectivity index (χ2v) is 3.44. The van der Waals surface area contributed by atoms with Crippen LogP contribution in [0.1, 0.15) is 17.5 Å². The normalized spacial score (nSPS) is 11.5. The van der Waals surface area contributed by atoms with Crippen molar-refractivity contribution in [3.63, 3.8) is 0 Å². The Labute approximate surface area is 103 Å². The molecule has 0 saturated carbocycles. The van der Waals surface area contributed by atoms with Crippen molar-refractivity contribution in [2.75, 3.05) is 0 Å². The molecule has 0 aliphatic carbocycles. The molecule has 2 aromatic heterocycles. The van der Waals surface area contributed by atoms with Gasteiger partial charge in [-0.25, -0.2) is 0 Å². The highest BCUT2D eigenvalue weighted by atomic mass is 16.7. The summed E-state index contributed by atoms with van der Waals surface area (Å²) in [7, 11) is 1.31. The summed E-state index contributed by atoms with van der Waals surface area (Å²) < 4.78 is 4.55. The number of nitro groups is 2. The van der Waals surface area contributed by atoms with Crippen molar-refractivity contribution >= 4 is 0 Å². The third-order valence-electron chi connectivity index (χ3n) is 2.17. The van der Waals surface area contributed by atoms with E-state index in [0.29, 0.717) is 0 Å². The highest BCUT2D eigenvalue weighted by molar-refractivity contribution is 5.06. The maximum absolute atomic E-state index is 11.2. The van der Waals surface area contributed by atoms with E-state index < -0.39 is 27.2 Å². The molecule has 0 aliphatic rings. The molecule has 0 unspecified atom stereocenters. The molecule has 0 amide bonds. The summed E-state index contributed by atoms with van der Waals surface area (Å²) in [6.45, 7) is 1.36. The van der Waals surface area contributed by atoms with E-state index in [9.17, 15) is 20.2 Å². The van der Waals surface area contributed by atoms with Crippen LogP contribution >= 0.6 is 0 Å². The molecule has 13 nitrogen and oxygen atoms in total. The van der Waals surface area contributed by atoms with Gasteiger partial charge in [-0.2, -0.15) is 9.78 Å². The highest BCUT2D eigenvalue weighted by Gasteiger charge is 2.70. The van der Waals surface area contributed by atoms with E-state index in [1.54, 1.807) is 0 Å². The second-order valence-electron chi connectivity index (χ2n) is 3.44. The molecule has 0 N–H and O–H groups in total. The average molecular weight is 270 g/mol. The Bertz CT molecular complexity index is 589. The monoisotopic (exact) mass is 270 g/mol. The van der Waals surface area contributed by atoms with E-state index in [0.717, 1.165) is 4.80 Å². The first-order chi connectivity index (χ1) is 8.88. The van der Waals surface area contributed by atoms with Crippen LogP contribution in [0.4, 0.5) is 0 Å².